The summed E-state index contributed by atoms with van der Waals surface area (Å²) in [5, 5.41) is 11.8. The zero-order valence-corrected chi connectivity index (χ0v) is 19.4. The third kappa shape index (κ3) is 3.80. The van der Waals surface area contributed by atoms with Gasteiger partial charge in [-0.15, -0.1) is 11.8 Å². The number of alkyl halides is 3. The average molecular weight is 523 g/mol. The lowest BCUT2D eigenvalue weighted by molar-refractivity contribution is -0.173. The van der Waals surface area contributed by atoms with E-state index in [1.807, 2.05) is 0 Å². The van der Waals surface area contributed by atoms with Gasteiger partial charge in [0.05, 0.1) is 6.04 Å². The number of amides is 1. The van der Waals surface area contributed by atoms with Crippen LogP contribution in [0, 0.1) is 11.6 Å². The zero-order valence-electron chi connectivity index (χ0n) is 18.6. The Morgan fingerprint density at radius 1 is 1.08 bits per heavy atom. The molecule has 3 heterocycles. The number of aromatic nitrogens is 1. The second-order valence-electron chi connectivity index (χ2n) is 8.49. The highest BCUT2D eigenvalue weighted by Gasteiger charge is 2.47. The Balaban J connectivity index is 1.80. The SMILES string of the molecule is C[C@@H](N1CN([C@@H]2c3ccc(F)cc3CSc3c(F)cccc32)n2ccc(=O)c(O)c2C1=O)C(F)(F)F. The van der Waals surface area contributed by atoms with Crippen molar-refractivity contribution in [2.24, 2.45) is 0 Å². The standard InChI is InChI=1S/C24H18F5N3O3S/c1-12(24(27,28)29)30-11-32(31-8-7-18(33)21(34)20(31)23(30)35)19-15-6-5-14(25)9-13(15)10-36-22-16(19)3-2-4-17(22)26/h2-9,12,19,34H,10-11H2,1H3/t12-,19-/m1/s1. The molecule has 0 aliphatic carbocycles. The van der Waals surface area contributed by atoms with Gasteiger partial charge >= 0.3 is 6.18 Å². The van der Waals surface area contributed by atoms with Gasteiger partial charge < -0.3 is 10.0 Å². The van der Waals surface area contributed by atoms with Crippen LogP contribution in [0.4, 0.5) is 22.0 Å². The molecule has 1 amide bonds. The lowest BCUT2D eigenvalue weighted by atomic mass is 9.94. The van der Waals surface area contributed by atoms with E-state index in [1.165, 1.54) is 41.5 Å². The first-order valence-corrected chi connectivity index (χ1v) is 11.8. The largest absolute Gasteiger partial charge is 0.502 e. The number of hydrogen-bond donors (Lipinski definition) is 1. The van der Waals surface area contributed by atoms with E-state index >= 15 is 0 Å². The van der Waals surface area contributed by atoms with E-state index in [1.54, 1.807) is 6.07 Å². The van der Waals surface area contributed by atoms with Gasteiger partial charge in [-0.25, -0.2) is 8.78 Å². The molecule has 3 aromatic rings. The number of halogens is 5. The fourth-order valence-electron chi connectivity index (χ4n) is 4.53. The van der Waals surface area contributed by atoms with Gasteiger partial charge in [-0.2, -0.15) is 13.2 Å². The Labute approximate surface area is 205 Å². The summed E-state index contributed by atoms with van der Waals surface area (Å²) in [4.78, 5) is 26.0. The number of benzene rings is 2. The molecule has 36 heavy (non-hydrogen) atoms. The topological polar surface area (TPSA) is 65.8 Å². The smallest absolute Gasteiger partial charge is 0.408 e. The fourth-order valence-corrected chi connectivity index (χ4v) is 5.64. The van der Waals surface area contributed by atoms with Crippen LogP contribution >= 0.6 is 11.8 Å². The second-order valence-corrected chi connectivity index (χ2v) is 9.47. The molecule has 188 valence electrons. The minimum Gasteiger partial charge on any atom is -0.502 e. The van der Waals surface area contributed by atoms with Crippen LogP contribution in [0.3, 0.4) is 0 Å². The van der Waals surface area contributed by atoms with Crippen LogP contribution in [0.2, 0.25) is 0 Å². The lowest BCUT2D eigenvalue weighted by Crippen LogP contribution is -2.60. The first kappa shape index (κ1) is 24.2. The van der Waals surface area contributed by atoms with E-state index in [-0.39, 0.29) is 10.6 Å². The van der Waals surface area contributed by atoms with Gasteiger partial charge in [0.25, 0.3) is 5.91 Å². The minimum atomic E-state index is -4.81. The molecule has 0 fully saturated rings. The van der Waals surface area contributed by atoms with Crippen LogP contribution in [-0.2, 0) is 5.75 Å². The van der Waals surface area contributed by atoms with E-state index in [0.29, 0.717) is 21.6 Å². The maximum atomic E-state index is 14.9. The molecule has 0 radical (unpaired) electrons. The molecule has 6 nitrogen and oxygen atoms in total. The van der Waals surface area contributed by atoms with Gasteiger partial charge in [0.1, 0.15) is 24.3 Å². The second kappa shape index (κ2) is 8.54. The molecule has 2 aliphatic heterocycles. The van der Waals surface area contributed by atoms with E-state index in [2.05, 4.69) is 0 Å². The van der Waals surface area contributed by atoms with Gasteiger partial charge in [0.15, 0.2) is 11.4 Å². The fraction of sp³-hybridized carbons (Fsp3) is 0.250. The molecule has 1 N–H and O–H groups in total. The monoisotopic (exact) mass is 523 g/mol. The first-order valence-electron chi connectivity index (χ1n) is 10.8. The van der Waals surface area contributed by atoms with E-state index < -0.39 is 59.3 Å². The van der Waals surface area contributed by atoms with E-state index in [0.717, 1.165) is 29.4 Å². The summed E-state index contributed by atoms with van der Waals surface area (Å²) >= 11 is 1.12. The first-order chi connectivity index (χ1) is 17.0. The van der Waals surface area contributed by atoms with Crippen molar-refractivity contribution in [3.8, 4) is 5.75 Å². The summed E-state index contributed by atoms with van der Waals surface area (Å²) in [7, 11) is 0. The summed E-state index contributed by atoms with van der Waals surface area (Å²) < 4.78 is 71.4. The van der Waals surface area contributed by atoms with Crippen LogP contribution in [0.25, 0.3) is 0 Å². The summed E-state index contributed by atoms with van der Waals surface area (Å²) in [5.41, 5.74) is -0.251. The number of rotatable bonds is 2. The van der Waals surface area contributed by atoms with Crippen molar-refractivity contribution >= 4 is 17.7 Å². The molecule has 0 saturated carbocycles. The number of nitrogens with zero attached hydrogens (tertiary/aromatic N) is 3. The van der Waals surface area contributed by atoms with Crippen LogP contribution in [0.15, 0.2) is 58.4 Å². The van der Waals surface area contributed by atoms with Crippen LogP contribution in [0.5, 0.6) is 5.75 Å². The molecule has 2 aliphatic rings. The summed E-state index contributed by atoms with van der Waals surface area (Å²) in [6.07, 6.45) is -3.64. The van der Waals surface area contributed by atoms with Gasteiger partial charge in [0, 0.05) is 22.9 Å². The normalized spacial score (nSPS) is 18.3. The molecule has 2 aromatic carbocycles. The Morgan fingerprint density at radius 2 is 1.83 bits per heavy atom. The summed E-state index contributed by atoms with van der Waals surface area (Å²) in [6.45, 7) is 0.181. The van der Waals surface area contributed by atoms with Crippen molar-refractivity contribution in [2.45, 2.75) is 35.8 Å². The number of hydrogen-bond acceptors (Lipinski definition) is 5. The van der Waals surface area contributed by atoms with E-state index in [9.17, 15) is 36.6 Å². The summed E-state index contributed by atoms with van der Waals surface area (Å²) in [6, 6.07) is 5.94. The Morgan fingerprint density at radius 3 is 2.56 bits per heavy atom. The molecule has 0 bridgehead atoms. The van der Waals surface area contributed by atoms with Crippen molar-refractivity contribution < 1.29 is 31.9 Å². The molecule has 1 aromatic heterocycles. The molecular weight excluding hydrogens is 505 g/mol. The van der Waals surface area contributed by atoms with Crippen molar-refractivity contribution in [3.63, 3.8) is 0 Å². The molecule has 2 atom stereocenters. The van der Waals surface area contributed by atoms with Gasteiger partial charge in [0.2, 0.25) is 5.43 Å². The van der Waals surface area contributed by atoms with Gasteiger partial charge in [-0.3, -0.25) is 19.3 Å². The highest BCUT2D eigenvalue weighted by molar-refractivity contribution is 7.98. The molecule has 5 rings (SSSR count). The predicted octanol–water partition coefficient (Wildman–Crippen LogP) is 4.53. The highest BCUT2D eigenvalue weighted by Crippen LogP contribution is 2.44. The Kier molecular flexibility index (Phi) is 5.73. The zero-order chi connectivity index (χ0) is 25.9. The minimum absolute atomic E-state index is 0.190. The molecular formula is C24H18F5N3O3S. The number of aromatic hydroxyl groups is 1. The van der Waals surface area contributed by atoms with Gasteiger partial charge in [-0.05, 0) is 41.8 Å². The molecule has 0 saturated heterocycles. The maximum absolute atomic E-state index is 14.9. The highest BCUT2D eigenvalue weighted by atomic mass is 32.2. The lowest BCUT2D eigenvalue weighted by Gasteiger charge is -2.46. The Hall–Kier alpha value is -3.54. The third-order valence-electron chi connectivity index (χ3n) is 6.39. The van der Waals surface area contributed by atoms with Crippen molar-refractivity contribution in [1.29, 1.82) is 0 Å². The van der Waals surface area contributed by atoms with Crippen LogP contribution in [0.1, 0.15) is 40.1 Å². The van der Waals surface area contributed by atoms with E-state index in [4.69, 9.17) is 0 Å². The average Bonchev–Trinajstić information content (AvgIpc) is 2.98. The van der Waals surface area contributed by atoms with Crippen molar-refractivity contribution in [2.75, 3.05) is 11.7 Å². The van der Waals surface area contributed by atoms with Gasteiger partial charge in [-0.1, -0.05) is 18.2 Å². The molecule has 0 spiro atoms. The number of carbonyl (C=O) groups excluding carboxylic acids is 1. The number of pyridine rings is 1. The van der Waals surface area contributed by atoms with Crippen molar-refractivity contribution in [1.82, 2.24) is 9.58 Å². The summed E-state index contributed by atoms with van der Waals surface area (Å²) in [5.74, 6) is -3.11. The van der Waals surface area contributed by atoms with Crippen LogP contribution < -0.4 is 10.4 Å². The number of carbonyl (C=O) groups is 1. The Bertz CT molecular complexity index is 1440. The number of thioether (sulfide) groups is 1. The molecule has 12 heteroatoms. The maximum Gasteiger partial charge on any atom is 0.408 e. The molecule has 0 unspecified atom stereocenters. The van der Waals surface area contributed by atoms with Crippen LogP contribution in [-0.4, -0.2) is 39.5 Å². The quantitative estimate of drug-likeness (QED) is 0.501. The van der Waals surface area contributed by atoms with Crippen molar-refractivity contribution in [3.05, 3.63) is 92.9 Å². The predicted molar refractivity (Wildman–Crippen MR) is 121 cm³/mol. The third-order valence-corrected chi connectivity index (χ3v) is 7.57. The number of fused-ring (bicyclic) bond motifs is 3.